The van der Waals surface area contributed by atoms with Crippen molar-refractivity contribution in [1.29, 1.82) is 0 Å². The fraction of sp³-hybridized carbons (Fsp3) is 0.412. The number of rotatable bonds is 5. The molecule has 0 aliphatic carbocycles. The zero-order valence-electron chi connectivity index (χ0n) is 12.9. The van der Waals surface area contributed by atoms with E-state index in [1.807, 2.05) is 6.07 Å². The van der Waals surface area contributed by atoms with Crippen molar-refractivity contribution >= 4 is 5.69 Å². The lowest BCUT2D eigenvalue weighted by Gasteiger charge is -2.30. The highest BCUT2D eigenvalue weighted by atomic mass is 16.6. The van der Waals surface area contributed by atoms with Crippen LogP contribution in [0.15, 0.2) is 40.8 Å². The van der Waals surface area contributed by atoms with Crippen LogP contribution in [0.3, 0.4) is 0 Å². The van der Waals surface area contributed by atoms with Crippen LogP contribution < -0.4 is 0 Å². The number of furan rings is 1. The first-order valence-corrected chi connectivity index (χ1v) is 7.83. The molecule has 6 nitrogen and oxygen atoms in total. The molecule has 0 bridgehead atoms. The van der Waals surface area contributed by atoms with E-state index >= 15 is 0 Å². The number of hydrogen-bond donors (Lipinski definition) is 1. The third kappa shape index (κ3) is 3.60. The lowest BCUT2D eigenvalue weighted by molar-refractivity contribution is -0.384. The summed E-state index contributed by atoms with van der Waals surface area (Å²) in [4.78, 5) is 13.0. The van der Waals surface area contributed by atoms with E-state index in [-0.39, 0.29) is 12.3 Å². The molecule has 2 aromatic rings. The molecule has 0 spiro atoms. The molecule has 1 aromatic heterocycles. The molecule has 3 rings (SSSR count). The van der Waals surface area contributed by atoms with Gasteiger partial charge in [0.05, 0.1) is 17.0 Å². The highest BCUT2D eigenvalue weighted by Gasteiger charge is 2.21. The first-order chi connectivity index (χ1) is 11.2. The van der Waals surface area contributed by atoms with Gasteiger partial charge in [0, 0.05) is 12.7 Å². The Hall–Kier alpha value is -2.18. The molecule has 1 aliphatic heterocycles. The number of nitrogens with zero attached hydrogens (tertiary/aromatic N) is 2. The Morgan fingerprint density at radius 3 is 2.65 bits per heavy atom. The van der Waals surface area contributed by atoms with Gasteiger partial charge in [0.1, 0.15) is 11.5 Å². The summed E-state index contributed by atoms with van der Waals surface area (Å²) >= 11 is 0. The average Bonchev–Trinajstić information content (AvgIpc) is 3.04. The maximum Gasteiger partial charge on any atom is 0.280 e. The van der Waals surface area contributed by atoms with Crippen LogP contribution >= 0.6 is 0 Å². The van der Waals surface area contributed by atoms with Crippen molar-refractivity contribution in [3.63, 3.8) is 0 Å². The normalized spacial score (nSPS) is 16.6. The van der Waals surface area contributed by atoms with Crippen LogP contribution in [0.5, 0.6) is 0 Å². The fourth-order valence-corrected chi connectivity index (χ4v) is 3.00. The van der Waals surface area contributed by atoms with Gasteiger partial charge in [-0.1, -0.05) is 12.1 Å². The smallest absolute Gasteiger partial charge is 0.280 e. The second-order valence-electron chi connectivity index (χ2n) is 5.94. The van der Waals surface area contributed by atoms with Crippen molar-refractivity contribution in [3.8, 4) is 11.3 Å². The van der Waals surface area contributed by atoms with Crippen LogP contribution in [0.2, 0.25) is 0 Å². The van der Waals surface area contributed by atoms with Gasteiger partial charge in [-0.15, -0.1) is 0 Å². The minimum Gasteiger partial charge on any atom is -0.459 e. The van der Waals surface area contributed by atoms with Crippen LogP contribution in [0.25, 0.3) is 11.3 Å². The van der Waals surface area contributed by atoms with Gasteiger partial charge in [-0.05, 0) is 50.0 Å². The maximum absolute atomic E-state index is 11.1. The second-order valence-corrected chi connectivity index (χ2v) is 5.94. The minimum atomic E-state index is -0.392. The van der Waals surface area contributed by atoms with Gasteiger partial charge in [0.25, 0.3) is 5.69 Å². The van der Waals surface area contributed by atoms with E-state index in [0.29, 0.717) is 23.8 Å². The van der Waals surface area contributed by atoms with Crippen molar-refractivity contribution in [2.24, 2.45) is 5.92 Å². The zero-order chi connectivity index (χ0) is 16.2. The van der Waals surface area contributed by atoms with E-state index in [2.05, 4.69) is 4.90 Å². The maximum atomic E-state index is 11.1. The predicted molar refractivity (Wildman–Crippen MR) is 85.9 cm³/mol. The van der Waals surface area contributed by atoms with Gasteiger partial charge < -0.3 is 9.52 Å². The van der Waals surface area contributed by atoms with E-state index in [9.17, 15) is 15.2 Å². The van der Waals surface area contributed by atoms with E-state index in [0.717, 1.165) is 31.7 Å². The molecular formula is C17H20N2O4. The van der Waals surface area contributed by atoms with Crippen LogP contribution in [0, 0.1) is 16.0 Å². The first kappa shape index (κ1) is 15.7. The first-order valence-electron chi connectivity index (χ1n) is 7.83. The van der Waals surface area contributed by atoms with Crippen molar-refractivity contribution in [3.05, 3.63) is 52.3 Å². The summed E-state index contributed by atoms with van der Waals surface area (Å²) in [7, 11) is 0. The highest BCUT2D eigenvalue weighted by Crippen LogP contribution is 2.31. The van der Waals surface area contributed by atoms with Gasteiger partial charge >= 0.3 is 0 Å². The number of nitro benzene ring substituents is 1. The van der Waals surface area contributed by atoms with Gasteiger partial charge in [-0.25, -0.2) is 0 Å². The molecule has 1 aromatic carbocycles. The van der Waals surface area contributed by atoms with Crippen LogP contribution in [-0.2, 0) is 6.54 Å². The molecule has 1 aliphatic rings. The second kappa shape index (κ2) is 6.93. The summed E-state index contributed by atoms with van der Waals surface area (Å²) < 4.78 is 5.82. The van der Waals surface area contributed by atoms with Gasteiger partial charge in [0.15, 0.2) is 0 Å². The van der Waals surface area contributed by atoms with Crippen LogP contribution in [0.1, 0.15) is 18.6 Å². The van der Waals surface area contributed by atoms with E-state index < -0.39 is 4.92 Å². The van der Waals surface area contributed by atoms with E-state index in [1.54, 1.807) is 24.3 Å². The predicted octanol–water partition coefficient (Wildman–Crippen LogP) is 3.06. The van der Waals surface area contributed by atoms with E-state index in [4.69, 9.17) is 4.42 Å². The quantitative estimate of drug-likeness (QED) is 0.677. The summed E-state index contributed by atoms with van der Waals surface area (Å²) in [6.45, 7) is 2.83. The molecule has 1 N–H and O–H groups in total. The number of piperidine rings is 1. The SMILES string of the molecule is O=[N+]([O-])c1ccccc1-c1ccc(CN2CCC(CO)CC2)o1. The molecule has 0 unspecified atom stereocenters. The molecule has 0 saturated carbocycles. The van der Waals surface area contributed by atoms with Crippen LogP contribution in [0.4, 0.5) is 5.69 Å². The molecule has 122 valence electrons. The Kier molecular flexibility index (Phi) is 4.73. The number of likely N-dealkylation sites (tertiary alicyclic amines) is 1. The minimum absolute atomic E-state index is 0.0529. The van der Waals surface area contributed by atoms with E-state index in [1.165, 1.54) is 6.07 Å². The molecule has 0 atom stereocenters. The molecule has 1 saturated heterocycles. The van der Waals surface area contributed by atoms with Crippen molar-refractivity contribution in [1.82, 2.24) is 4.90 Å². The lowest BCUT2D eigenvalue weighted by atomic mass is 9.98. The summed E-state index contributed by atoms with van der Waals surface area (Å²) in [6, 6.07) is 10.3. The summed E-state index contributed by atoms with van der Waals surface area (Å²) in [6.07, 6.45) is 1.99. The molecule has 2 heterocycles. The van der Waals surface area contributed by atoms with Crippen molar-refractivity contribution in [2.75, 3.05) is 19.7 Å². The number of benzene rings is 1. The third-order valence-corrected chi connectivity index (χ3v) is 4.37. The number of nitro groups is 1. The zero-order valence-corrected chi connectivity index (χ0v) is 12.9. The number of hydrogen-bond acceptors (Lipinski definition) is 5. The summed E-state index contributed by atoms with van der Waals surface area (Å²) in [5.74, 6) is 1.74. The van der Waals surface area contributed by atoms with Gasteiger partial charge in [0.2, 0.25) is 0 Å². The van der Waals surface area contributed by atoms with Gasteiger partial charge in [-0.3, -0.25) is 15.0 Å². The molecule has 0 amide bonds. The standard InChI is InChI=1S/C17H20N2O4/c20-12-13-7-9-18(10-8-13)11-14-5-6-17(23-14)15-3-1-2-4-16(15)19(21)22/h1-6,13,20H,7-12H2. The molecule has 6 heteroatoms. The van der Waals surface area contributed by atoms with Gasteiger partial charge in [-0.2, -0.15) is 0 Å². The Bertz CT molecular complexity index is 675. The largest absolute Gasteiger partial charge is 0.459 e. The number of aliphatic hydroxyl groups excluding tert-OH is 1. The monoisotopic (exact) mass is 316 g/mol. The Morgan fingerprint density at radius 2 is 1.96 bits per heavy atom. The Morgan fingerprint density at radius 1 is 1.22 bits per heavy atom. The molecular weight excluding hydrogens is 296 g/mol. The summed E-state index contributed by atoms with van der Waals surface area (Å²) in [5, 5.41) is 20.3. The lowest BCUT2D eigenvalue weighted by Crippen LogP contribution is -2.34. The van der Waals surface area contributed by atoms with Crippen LogP contribution in [-0.4, -0.2) is 34.6 Å². The fourth-order valence-electron chi connectivity index (χ4n) is 3.00. The third-order valence-electron chi connectivity index (χ3n) is 4.37. The average molecular weight is 316 g/mol. The Labute approximate surface area is 134 Å². The molecule has 0 radical (unpaired) electrons. The molecule has 1 fully saturated rings. The van der Waals surface area contributed by atoms with Crippen molar-refractivity contribution < 1.29 is 14.4 Å². The van der Waals surface area contributed by atoms with Crippen molar-refractivity contribution in [2.45, 2.75) is 19.4 Å². The number of para-hydroxylation sites is 1. The topological polar surface area (TPSA) is 79.8 Å². The summed E-state index contributed by atoms with van der Waals surface area (Å²) in [5.41, 5.74) is 0.555. The molecule has 23 heavy (non-hydrogen) atoms. The highest BCUT2D eigenvalue weighted by molar-refractivity contribution is 5.69. The Balaban J connectivity index is 1.71. The number of aliphatic hydroxyl groups is 1.